The molecule has 0 radical (unpaired) electrons. The van der Waals surface area contributed by atoms with Crippen LogP contribution in [0.3, 0.4) is 0 Å². The molecule has 0 bridgehead atoms. The monoisotopic (exact) mass is 423 g/mol. The van der Waals surface area contributed by atoms with Gasteiger partial charge in [0, 0.05) is 10.4 Å². The largest absolute Gasteiger partial charge is 4.00 e. The summed E-state index contributed by atoms with van der Waals surface area (Å²) in [6, 6.07) is 0. The van der Waals surface area contributed by atoms with E-state index in [-0.39, 0.29) is 23.9 Å². The summed E-state index contributed by atoms with van der Waals surface area (Å²) < 4.78 is 38.7. The zero-order chi connectivity index (χ0) is 10.2. The topological polar surface area (TPSA) is 80.3 Å². The van der Waals surface area contributed by atoms with Gasteiger partial charge in [0.05, 0.1) is 0 Å². The van der Waals surface area contributed by atoms with Crippen molar-refractivity contribution in [2.24, 2.45) is 0 Å². The molecule has 0 spiro atoms. The minimum absolute atomic E-state index is 0. The van der Waals surface area contributed by atoms with Crippen LogP contribution >= 0.6 is 0 Å². The molecule has 0 fully saturated rings. The summed E-state index contributed by atoms with van der Waals surface area (Å²) in [7, 11) is -5.17. The molecule has 0 aromatic carbocycles. The second kappa shape index (κ2) is 11.5. The van der Waals surface area contributed by atoms with E-state index in [9.17, 15) is 0 Å². The van der Waals surface area contributed by atoms with Crippen molar-refractivity contribution >= 4 is 54.1 Å². The Morgan fingerprint density at radius 1 is 1.00 bits per heavy atom. The molecule has 0 aliphatic carbocycles. The Balaban J connectivity index is -0.000000150. The van der Waals surface area contributed by atoms with Crippen LogP contribution in [0.15, 0.2) is 0 Å². The molecule has 74 valence electrons. The third-order valence-electron chi connectivity index (χ3n) is 1.50. The van der Waals surface area contributed by atoms with E-state index < -0.39 is 30.2 Å². The van der Waals surface area contributed by atoms with E-state index in [0.29, 0.717) is 0 Å². The van der Waals surface area contributed by atoms with Gasteiger partial charge in [-0.3, -0.25) is 8.42 Å². The molecule has 0 rings (SSSR count). The standard InChI is InChI=1S/3C2H5.H2O4S.2Sn/c3*1-2;1-5(2,3)4;;/h3*1H2,2H3;(H2,1,2,3,4);;/q;;;;+1;+4/p-2. The number of rotatable bonds is 3. The summed E-state index contributed by atoms with van der Waals surface area (Å²) in [4.78, 5) is 0. The second-order valence-corrected chi connectivity index (χ2v) is 13.4. The van der Waals surface area contributed by atoms with E-state index in [0.717, 1.165) is 0 Å². The van der Waals surface area contributed by atoms with Gasteiger partial charge < -0.3 is 9.11 Å². The average Bonchev–Trinajstić information content (AvgIpc) is 1.88. The maximum absolute atomic E-state index is 8.52. The zero-order valence-electron chi connectivity index (χ0n) is 8.16. The molecule has 0 aliphatic rings. The molecule has 0 N–H and O–H groups in total. The summed E-state index contributed by atoms with van der Waals surface area (Å²) in [6.07, 6.45) is 0. The third kappa shape index (κ3) is 31.8. The van der Waals surface area contributed by atoms with E-state index in [1.807, 2.05) is 0 Å². The van der Waals surface area contributed by atoms with Crippen molar-refractivity contribution in [2.75, 3.05) is 0 Å². The van der Waals surface area contributed by atoms with Crippen LogP contribution in [0.2, 0.25) is 13.3 Å². The second-order valence-electron chi connectivity index (χ2n) is 2.22. The van der Waals surface area contributed by atoms with Gasteiger partial charge in [-0.15, -0.1) is 0 Å². The Hall–Kier alpha value is 1.47. The summed E-state index contributed by atoms with van der Waals surface area (Å²) in [6.45, 7) is 7.05. The molecule has 13 heavy (non-hydrogen) atoms. The summed E-state index contributed by atoms with van der Waals surface area (Å²) in [5.41, 5.74) is 0. The van der Waals surface area contributed by atoms with E-state index in [1.54, 1.807) is 13.3 Å². The Morgan fingerprint density at radius 2 is 1.15 bits per heavy atom. The smallest absolute Gasteiger partial charge is 0.759 e. The molecule has 0 atom stereocenters. The Bertz CT molecular complexity index is 164. The Kier molecular flexibility index (Phi) is 17.7. The molecule has 4 nitrogen and oxygen atoms in total. The minimum atomic E-state index is -5.17. The fourth-order valence-electron chi connectivity index (χ4n) is 0.750. The zero-order valence-corrected chi connectivity index (χ0v) is 14.7. The SMILES string of the molecule is C[CH2][Sn+]([CH2]C)[CH2]C.O=S(=O)([O-])[O-].[Sn+4]. The maximum Gasteiger partial charge on any atom is 4.00 e. The van der Waals surface area contributed by atoms with Crippen molar-refractivity contribution in [1.82, 2.24) is 0 Å². The van der Waals surface area contributed by atoms with E-state index in [4.69, 9.17) is 17.5 Å². The molecule has 0 amide bonds. The van der Waals surface area contributed by atoms with Crippen LogP contribution < -0.4 is 0 Å². The number of hydrogen-bond donors (Lipinski definition) is 0. The molecule has 7 heteroatoms. The van der Waals surface area contributed by atoms with Crippen LogP contribution in [0.1, 0.15) is 20.8 Å². The summed E-state index contributed by atoms with van der Waals surface area (Å²) in [5.74, 6) is 0. The van der Waals surface area contributed by atoms with Crippen molar-refractivity contribution in [2.45, 2.75) is 34.1 Å². The van der Waals surface area contributed by atoms with Crippen LogP contribution in [0.4, 0.5) is 0 Å². The van der Waals surface area contributed by atoms with Crippen molar-refractivity contribution in [3.8, 4) is 0 Å². The normalized spacial score (nSPS) is 9.31. The van der Waals surface area contributed by atoms with E-state index in [1.165, 1.54) is 0 Å². The van der Waals surface area contributed by atoms with Crippen LogP contribution in [-0.4, -0.2) is 61.2 Å². The van der Waals surface area contributed by atoms with E-state index in [2.05, 4.69) is 20.8 Å². The molecule has 0 heterocycles. The van der Waals surface area contributed by atoms with Gasteiger partial charge in [0.2, 0.25) is 0 Å². The average molecular weight is 421 g/mol. The molecular weight excluding hydrogens is 406 g/mol. The molecule has 0 aromatic rings. The van der Waals surface area contributed by atoms with Crippen LogP contribution in [-0.2, 0) is 10.4 Å². The minimum Gasteiger partial charge on any atom is -0.759 e. The van der Waals surface area contributed by atoms with Gasteiger partial charge >= 0.3 is 77.7 Å². The van der Waals surface area contributed by atoms with Crippen molar-refractivity contribution in [3.63, 3.8) is 0 Å². The molecule has 0 unspecified atom stereocenters. The first kappa shape index (κ1) is 20.0. The van der Waals surface area contributed by atoms with E-state index >= 15 is 0 Å². The Labute approximate surface area is 105 Å². The molecule has 0 aliphatic heterocycles. The molecule has 0 aromatic heterocycles. The fourth-order valence-corrected chi connectivity index (χ4v) is 5.03. The van der Waals surface area contributed by atoms with Gasteiger partial charge in [0.1, 0.15) is 0 Å². The van der Waals surface area contributed by atoms with Crippen LogP contribution in [0.5, 0.6) is 0 Å². The predicted molar refractivity (Wildman–Crippen MR) is 53.4 cm³/mol. The van der Waals surface area contributed by atoms with Gasteiger partial charge in [-0.2, -0.15) is 0 Å². The van der Waals surface area contributed by atoms with Gasteiger partial charge in [0.25, 0.3) is 0 Å². The first-order valence-electron chi connectivity index (χ1n) is 3.85. The Morgan fingerprint density at radius 3 is 1.15 bits per heavy atom. The van der Waals surface area contributed by atoms with Gasteiger partial charge in [-0.25, -0.2) is 0 Å². The maximum atomic E-state index is 8.52. The molecule has 0 saturated heterocycles. The molecule has 0 saturated carbocycles. The molecular formula is C6H15O4SSn2+3. The fraction of sp³-hybridized carbons (Fsp3) is 1.00. The van der Waals surface area contributed by atoms with Gasteiger partial charge in [-0.05, 0) is 0 Å². The van der Waals surface area contributed by atoms with Crippen LogP contribution in [0, 0.1) is 0 Å². The third-order valence-corrected chi connectivity index (χ3v) is 10.1. The summed E-state index contributed by atoms with van der Waals surface area (Å²) in [5, 5.41) is 0. The number of hydrogen-bond acceptors (Lipinski definition) is 4. The first-order chi connectivity index (χ1) is 5.35. The first-order valence-corrected chi connectivity index (χ1v) is 11.2. The predicted octanol–water partition coefficient (Wildman–Crippen LogP) is 0.822. The van der Waals surface area contributed by atoms with Crippen molar-refractivity contribution in [3.05, 3.63) is 0 Å². The van der Waals surface area contributed by atoms with Crippen molar-refractivity contribution < 1.29 is 17.5 Å². The summed E-state index contributed by atoms with van der Waals surface area (Å²) >= 11 is -0.653. The quantitative estimate of drug-likeness (QED) is 0.385. The van der Waals surface area contributed by atoms with Crippen molar-refractivity contribution in [1.29, 1.82) is 0 Å². The van der Waals surface area contributed by atoms with Gasteiger partial charge in [-0.1, -0.05) is 0 Å². The van der Waals surface area contributed by atoms with Gasteiger partial charge in [0.15, 0.2) is 0 Å². The van der Waals surface area contributed by atoms with Crippen LogP contribution in [0.25, 0.3) is 0 Å².